The minimum atomic E-state index is -0.403. The minimum Gasteiger partial charge on any atom is -0.409 e. The predicted molar refractivity (Wildman–Crippen MR) is 97.0 cm³/mol. The summed E-state index contributed by atoms with van der Waals surface area (Å²) in [5.74, 6) is 0.577. The molecular formula is C19H27N3O3. The van der Waals surface area contributed by atoms with E-state index in [4.69, 9.17) is 0 Å². The van der Waals surface area contributed by atoms with Crippen LogP contribution in [0.25, 0.3) is 0 Å². The average molecular weight is 345 g/mol. The molecule has 0 spiro atoms. The Morgan fingerprint density at radius 1 is 0.960 bits per heavy atom. The van der Waals surface area contributed by atoms with Gasteiger partial charge in [0, 0.05) is 29.8 Å². The lowest BCUT2D eigenvalue weighted by molar-refractivity contribution is -0.384. The number of benzene rings is 1. The molecule has 2 aliphatic rings. The third-order valence-electron chi connectivity index (χ3n) is 5.61. The number of amidine groups is 1. The van der Waals surface area contributed by atoms with E-state index in [-0.39, 0.29) is 5.69 Å². The van der Waals surface area contributed by atoms with Crippen LogP contribution in [0.1, 0.15) is 69.8 Å². The first-order chi connectivity index (χ1) is 12.2. The average Bonchev–Trinajstić information content (AvgIpc) is 2.67. The van der Waals surface area contributed by atoms with Crippen molar-refractivity contribution in [3.63, 3.8) is 0 Å². The number of non-ortho nitro benzene ring substituents is 1. The molecule has 6 heteroatoms. The van der Waals surface area contributed by atoms with Crippen molar-refractivity contribution in [2.24, 2.45) is 5.16 Å². The number of hydrogen-bond acceptors (Lipinski definition) is 4. The van der Waals surface area contributed by atoms with E-state index in [2.05, 4.69) is 10.1 Å². The van der Waals surface area contributed by atoms with E-state index >= 15 is 0 Å². The summed E-state index contributed by atoms with van der Waals surface area (Å²) in [6.07, 6.45) is 11.9. The molecule has 2 fully saturated rings. The first-order valence-electron chi connectivity index (χ1n) is 9.46. The topological polar surface area (TPSA) is 79.0 Å². The summed E-state index contributed by atoms with van der Waals surface area (Å²) in [4.78, 5) is 12.8. The zero-order valence-electron chi connectivity index (χ0n) is 14.6. The predicted octanol–water partition coefficient (Wildman–Crippen LogP) is 4.70. The van der Waals surface area contributed by atoms with Crippen LogP contribution in [-0.4, -0.2) is 32.9 Å². The Morgan fingerprint density at radius 2 is 1.44 bits per heavy atom. The van der Waals surface area contributed by atoms with Crippen LogP contribution in [0.15, 0.2) is 29.4 Å². The van der Waals surface area contributed by atoms with Crippen LogP contribution in [0.2, 0.25) is 0 Å². The molecule has 0 saturated heterocycles. The second kappa shape index (κ2) is 8.32. The van der Waals surface area contributed by atoms with Crippen molar-refractivity contribution in [3.05, 3.63) is 39.9 Å². The molecular weight excluding hydrogens is 318 g/mol. The molecule has 6 nitrogen and oxygen atoms in total. The summed E-state index contributed by atoms with van der Waals surface area (Å²) in [7, 11) is 0. The Bertz CT molecular complexity index is 585. The van der Waals surface area contributed by atoms with Gasteiger partial charge >= 0.3 is 0 Å². The van der Waals surface area contributed by atoms with Crippen LogP contribution in [0.4, 0.5) is 5.69 Å². The molecule has 0 bridgehead atoms. The molecule has 2 aliphatic carbocycles. The number of nitro benzene ring substituents is 1. The van der Waals surface area contributed by atoms with Crippen LogP contribution in [-0.2, 0) is 0 Å². The van der Waals surface area contributed by atoms with E-state index in [1.807, 2.05) is 0 Å². The summed E-state index contributed by atoms with van der Waals surface area (Å²) in [6.45, 7) is 0. The number of oxime groups is 1. The van der Waals surface area contributed by atoms with Gasteiger partial charge in [-0.25, -0.2) is 0 Å². The summed E-state index contributed by atoms with van der Waals surface area (Å²) in [5.41, 5.74) is 0.812. The molecule has 0 heterocycles. The number of rotatable bonds is 4. The molecule has 1 aromatic rings. The van der Waals surface area contributed by atoms with Gasteiger partial charge in [0.15, 0.2) is 5.84 Å². The zero-order chi connectivity index (χ0) is 17.6. The van der Waals surface area contributed by atoms with Crippen molar-refractivity contribution in [3.8, 4) is 0 Å². The van der Waals surface area contributed by atoms with Crippen molar-refractivity contribution in [1.82, 2.24) is 4.90 Å². The second-order valence-electron chi connectivity index (χ2n) is 7.22. The molecule has 0 atom stereocenters. The van der Waals surface area contributed by atoms with Crippen LogP contribution >= 0.6 is 0 Å². The Morgan fingerprint density at radius 3 is 1.84 bits per heavy atom. The molecule has 1 N–H and O–H groups in total. The highest BCUT2D eigenvalue weighted by Crippen LogP contribution is 2.32. The van der Waals surface area contributed by atoms with Gasteiger partial charge in [-0.2, -0.15) is 0 Å². The van der Waals surface area contributed by atoms with Crippen LogP contribution < -0.4 is 0 Å². The molecule has 0 aliphatic heterocycles. The smallest absolute Gasteiger partial charge is 0.269 e. The van der Waals surface area contributed by atoms with E-state index in [0.29, 0.717) is 17.9 Å². The maximum Gasteiger partial charge on any atom is 0.269 e. The largest absolute Gasteiger partial charge is 0.409 e. The van der Waals surface area contributed by atoms with Crippen molar-refractivity contribution in [1.29, 1.82) is 0 Å². The Labute approximate surface area is 148 Å². The summed E-state index contributed by atoms with van der Waals surface area (Å²) >= 11 is 0. The molecule has 2 saturated carbocycles. The fourth-order valence-electron chi connectivity index (χ4n) is 4.35. The lowest BCUT2D eigenvalue weighted by Gasteiger charge is -2.43. The Kier molecular flexibility index (Phi) is 5.89. The fraction of sp³-hybridized carbons (Fsp3) is 0.632. The summed E-state index contributed by atoms with van der Waals surface area (Å²) < 4.78 is 0. The molecule has 1 aromatic carbocycles. The van der Waals surface area contributed by atoms with Crippen LogP contribution in [0.5, 0.6) is 0 Å². The highest BCUT2D eigenvalue weighted by Gasteiger charge is 2.32. The Balaban J connectivity index is 1.89. The van der Waals surface area contributed by atoms with Gasteiger partial charge < -0.3 is 10.1 Å². The lowest BCUT2D eigenvalue weighted by Crippen LogP contribution is -2.49. The van der Waals surface area contributed by atoms with E-state index in [0.717, 1.165) is 31.2 Å². The molecule has 0 radical (unpaired) electrons. The lowest BCUT2D eigenvalue weighted by atomic mass is 9.88. The van der Waals surface area contributed by atoms with Gasteiger partial charge in [-0.3, -0.25) is 10.1 Å². The van der Waals surface area contributed by atoms with E-state index in [1.54, 1.807) is 12.1 Å². The third-order valence-corrected chi connectivity index (χ3v) is 5.61. The maximum atomic E-state index is 10.9. The minimum absolute atomic E-state index is 0.0583. The Hall–Kier alpha value is -2.11. The fourth-order valence-corrected chi connectivity index (χ4v) is 4.35. The molecule has 3 rings (SSSR count). The SMILES string of the molecule is O=[N+]([O-])c1ccc(C(=NO)N(C2CCCCC2)C2CCCCC2)cc1. The van der Waals surface area contributed by atoms with Crippen molar-refractivity contribution >= 4 is 11.5 Å². The third kappa shape index (κ3) is 4.11. The molecule has 136 valence electrons. The van der Waals surface area contributed by atoms with Crippen LogP contribution in [0, 0.1) is 10.1 Å². The van der Waals surface area contributed by atoms with Crippen molar-refractivity contribution < 1.29 is 10.1 Å². The van der Waals surface area contributed by atoms with Gasteiger partial charge in [0.2, 0.25) is 0 Å². The van der Waals surface area contributed by atoms with Gasteiger partial charge in [0.25, 0.3) is 5.69 Å². The number of nitro groups is 1. The standard InChI is InChI=1S/C19H27N3O3/c23-20-19(15-11-13-18(14-12-15)22(24)25)21(16-7-3-1-4-8-16)17-9-5-2-6-10-17/h11-14,16-17,23H,1-10H2. The first kappa shape index (κ1) is 17.7. The quantitative estimate of drug-likeness (QED) is 0.282. The highest BCUT2D eigenvalue weighted by atomic mass is 16.6. The molecule has 25 heavy (non-hydrogen) atoms. The molecule has 0 amide bonds. The first-order valence-corrected chi connectivity index (χ1v) is 9.46. The monoisotopic (exact) mass is 345 g/mol. The highest BCUT2D eigenvalue weighted by molar-refractivity contribution is 5.99. The summed E-state index contributed by atoms with van der Waals surface area (Å²) in [5, 5.41) is 24.4. The van der Waals surface area contributed by atoms with Gasteiger partial charge in [0.1, 0.15) is 0 Å². The van der Waals surface area contributed by atoms with Crippen molar-refractivity contribution in [2.45, 2.75) is 76.3 Å². The van der Waals surface area contributed by atoms with E-state index < -0.39 is 4.92 Å². The van der Waals surface area contributed by atoms with Gasteiger partial charge in [-0.15, -0.1) is 0 Å². The van der Waals surface area contributed by atoms with Gasteiger partial charge in [-0.05, 0) is 37.8 Å². The van der Waals surface area contributed by atoms with Gasteiger partial charge in [0.05, 0.1) is 4.92 Å². The number of hydrogen-bond donors (Lipinski definition) is 1. The van der Waals surface area contributed by atoms with Crippen LogP contribution in [0.3, 0.4) is 0 Å². The second-order valence-corrected chi connectivity index (χ2v) is 7.22. The molecule has 0 aromatic heterocycles. The van der Waals surface area contributed by atoms with E-state index in [1.165, 1.54) is 50.7 Å². The normalized spacial score (nSPS) is 20.4. The van der Waals surface area contributed by atoms with Crippen molar-refractivity contribution in [2.75, 3.05) is 0 Å². The maximum absolute atomic E-state index is 10.9. The zero-order valence-corrected chi connectivity index (χ0v) is 14.6. The molecule has 0 unspecified atom stereocenters. The summed E-state index contributed by atoms with van der Waals surface area (Å²) in [6, 6.07) is 7.18. The number of nitrogens with zero attached hydrogens (tertiary/aromatic N) is 3. The van der Waals surface area contributed by atoms with Gasteiger partial charge in [-0.1, -0.05) is 43.7 Å². The van der Waals surface area contributed by atoms with E-state index in [9.17, 15) is 15.3 Å².